The Labute approximate surface area is 136 Å². The number of carbonyl (C=O) groups excluding carboxylic acids is 2. The molecule has 0 aliphatic carbocycles. The molecule has 1 heterocycles. The lowest BCUT2D eigenvalue weighted by Gasteiger charge is -2.30. The van der Waals surface area contributed by atoms with Gasteiger partial charge in [-0.15, -0.1) is 0 Å². The number of ether oxygens (including phenoxy) is 1. The van der Waals surface area contributed by atoms with E-state index in [1.165, 1.54) is 21.9 Å². The number of nitrogens with zero attached hydrogens (tertiary/aromatic N) is 2. The van der Waals surface area contributed by atoms with E-state index in [9.17, 15) is 14.0 Å². The zero-order valence-electron chi connectivity index (χ0n) is 14.0. The van der Waals surface area contributed by atoms with Gasteiger partial charge < -0.3 is 9.64 Å². The summed E-state index contributed by atoms with van der Waals surface area (Å²) in [6.45, 7) is 5.88. The second-order valence-corrected chi connectivity index (χ2v) is 6.71. The van der Waals surface area contributed by atoms with E-state index in [1.807, 2.05) is 0 Å². The molecule has 126 valence electrons. The van der Waals surface area contributed by atoms with E-state index in [-0.39, 0.29) is 11.7 Å². The number of anilines is 1. The number of benzene rings is 1. The lowest BCUT2D eigenvalue weighted by Crippen LogP contribution is -2.48. The number of hydrogen-bond acceptors (Lipinski definition) is 3. The lowest BCUT2D eigenvalue weighted by atomic mass is 10.1. The average Bonchev–Trinajstić information content (AvgIpc) is 2.94. The summed E-state index contributed by atoms with van der Waals surface area (Å²) in [4.78, 5) is 27.9. The van der Waals surface area contributed by atoms with E-state index >= 15 is 0 Å². The van der Waals surface area contributed by atoms with Crippen LogP contribution in [0.1, 0.15) is 33.6 Å². The van der Waals surface area contributed by atoms with E-state index in [2.05, 4.69) is 0 Å². The summed E-state index contributed by atoms with van der Waals surface area (Å²) >= 11 is 0. The number of amides is 2. The van der Waals surface area contributed by atoms with Crippen molar-refractivity contribution in [1.29, 1.82) is 0 Å². The molecule has 0 radical (unpaired) electrons. The Morgan fingerprint density at radius 1 is 1.26 bits per heavy atom. The summed E-state index contributed by atoms with van der Waals surface area (Å²) in [5.74, 6) is -0.550. The van der Waals surface area contributed by atoms with Gasteiger partial charge in [-0.3, -0.25) is 9.69 Å². The van der Waals surface area contributed by atoms with Gasteiger partial charge in [0.1, 0.15) is 17.5 Å². The maximum Gasteiger partial charge on any atom is 0.410 e. The van der Waals surface area contributed by atoms with Crippen LogP contribution >= 0.6 is 0 Å². The van der Waals surface area contributed by atoms with Gasteiger partial charge in [-0.2, -0.15) is 0 Å². The fourth-order valence-corrected chi connectivity index (χ4v) is 2.58. The van der Waals surface area contributed by atoms with Gasteiger partial charge >= 0.3 is 6.09 Å². The monoisotopic (exact) mass is 322 g/mol. The second kappa shape index (κ2) is 6.56. The van der Waals surface area contributed by atoms with Crippen LogP contribution in [0.5, 0.6) is 0 Å². The normalized spacial score (nSPS) is 18.0. The number of halogens is 1. The first kappa shape index (κ1) is 17.2. The van der Waals surface area contributed by atoms with E-state index < -0.39 is 17.7 Å². The molecule has 2 rings (SSSR count). The van der Waals surface area contributed by atoms with Crippen molar-refractivity contribution >= 4 is 17.7 Å². The van der Waals surface area contributed by atoms with Gasteiger partial charge in [0.25, 0.3) is 0 Å². The van der Waals surface area contributed by atoms with E-state index in [4.69, 9.17) is 4.74 Å². The third kappa shape index (κ3) is 4.21. The molecule has 23 heavy (non-hydrogen) atoms. The highest BCUT2D eigenvalue weighted by Gasteiger charge is 2.38. The van der Waals surface area contributed by atoms with Crippen LogP contribution in [0.15, 0.2) is 24.3 Å². The Morgan fingerprint density at radius 2 is 1.87 bits per heavy atom. The van der Waals surface area contributed by atoms with Gasteiger partial charge in [-0.25, -0.2) is 9.18 Å². The molecule has 5 nitrogen and oxygen atoms in total. The Hall–Kier alpha value is -2.11. The molecule has 1 aromatic carbocycles. The lowest BCUT2D eigenvalue weighted by molar-refractivity contribution is -0.122. The van der Waals surface area contributed by atoms with Crippen LogP contribution in [-0.2, 0) is 9.53 Å². The third-order valence-electron chi connectivity index (χ3n) is 3.71. The summed E-state index contributed by atoms with van der Waals surface area (Å²) < 4.78 is 18.4. The number of hydrogen-bond donors (Lipinski definition) is 0. The van der Waals surface area contributed by atoms with Crippen LogP contribution in [0.4, 0.5) is 14.9 Å². The van der Waals surface area contributed by atoms with Crippen LogP contribution < -0.4 is 4.90 Å². The molecule has 0 bridgehead atoms. The summed E-state index contributed by atoms with van der Waals surface area (Å²) in [7, 11) is 1.63. The van der Waals surface area contributed by atoms with Crippen molar-refractivity contribution in [3.63, 3.8) is 0 Å². The van der Waals surface area contributed by atoms with Crippen molar-refractivity contribution in [3.05, 3.63) is 30.1 Å². The molecule has 2 amide bonds. The topological polar surface area (TPSA) is 49.9 Å². The first-order valence-corrected chi connectivity index (χ1v) is 7.72. The fourth-order valence-electron chi connectivity index (χ4n) is 2.58. The van der Waals surface area contributed by atoms with Crippen LogP contribution in [-0.4, -0.2) is 42.1 Å². The second-order valence-electron chi connectivity index (χ2n) is 6.71. The van der Waals surface area contributed by atoms with Crippen LogP contribution in [0.2, 0.25) is 0 Å². The molecule has 0 N–H and O–H groups in total. The van der Waals surface area contributed by atoms with Crippen molar-refractivity contribution in [3.8, 4) is 0 Å². The van der Waals surface area contributed by atoms with Gasteiger partial charge in [0.05, 0.1) is 0 Å². The average molecular weight is 322 g/mol. The summed E-state index contributed by atoms with van der Waals surface area (Å²) in [6.07, 6.45) is 0.886. The minimum Gasteiger partial charge on any atom is -0.444 e. The van der Waals surface area contributed by atoms with Gasteiger partial charge in [0.2, 0.25) is 5.91 Å². The van der Waals surface area contributed by atoms with Crippen molar-refractivity contribution in [2.24, 2.45) is 0 Å². The third-order valence-corrected chi connectivity index (χ3v) is 3.71. The van der Waals surface area contributed by atoms with Crippen molar-refractivity contribution in [1.82, 2.24) is 4.90 Å². The molecule has 1 aliphatic heterocycles. The molecule has 0 aromatic heterocycles. The zero-order chi connectivity index (χ0) is 17.2. The van der Waals surface area contributed by atoms with E-state index in [0.717, 1.165) is 6.42 Å². The number of rotatable bonds is 2. The molecule has 1 aromatic rings. The predicted octanol–water partition coefficient (Wildman–Crippen LogP) is 3.19. The van der Waals surface area contributed by atoms with Crippen LogP contribution in [0, 0.1) is 5.82 Å². The predicted molar refractivity (Wildman–Crippen MR) is 85.8 cm³/mol. The summed E-state index contributed by atoms with van der Waals surface area (Å²) in [5.41, 5.74) is -0.0108. The Morgan fingerprint density at radius 3 is 2.43 bits per heavy atom. The first-order valence-electron chi connectivity index (χ1n) is 7.72. The van der Waals surface area contributed by atoms with E-state index in [1.54, 1.807) is 40.0 Å². The molecule has 1 atom stereocenters. The highest BCUT2D eigenvalue weighted by Crippen LogP contribution is 2.24. The standard InChI is InChI=1S/C17H23FN2O3/c1-17(2,3)23-16(22)20-11-5-6-14(20)15(21)19(4)13-9-7-12(18)8-10-13/h7-10,14H,5-6,11H2,1-4H3/t14-/m0/s1. The molecule has 0 saturated carbocycles. The summed E-state index contributed by atoms with van der Waals surface area (Å²) in [5, 5.41) is 0. The Bertz CT molecular complexity index is 580. The van der Waals surface area contributed by atoms with Gasteiger partial charge in [-0.1, -0.05) is 0 Å². The number of likely N-dealkylation sites (tertiary alicyclic amines) is 1. The maximum absolute atomic E-state index is 13.0. The summed E-state index contributed by atoms with van der Waals surface area (Å²) in [6, 6.07) is 5.15. The molecule has 1 saturated heterocycles. The Kier molecular flexibility index (Phi) is 4.92. The molecule has 1 aliphatic rings. The highest BCUT2D eigenvalue weighted by molar-refractivity contribution is 5.98. The van der Waals surface area contributed by atoms with Gasteiger partial charge in [-0.05, 0) is 57.9 Å². The smallest absolute Gasteiger partial charge is 0.410 e. The SMILES string of the molecule is CN(C(=O)[C@@H]1CCCN1C(=O)OC(C)(C)C)c1ccc(F)cc1. The quantitative estimate of drug-likeness (QED) is 0.840. The Balaban J connectivity index is 2.11. The minimum absolute atomic E-state index is 0.194. The molecule has 0 unspecified atom stereocenters. The molecular weight excluding hydrogens is 299 g/mol. The fraction of sp³-hybridized carbons (Fsp3) is 0.529. The molecule has 1 fully saturated rings. The maximum atomic E-state index is 13.0. The largest absolute Gasteiger partial charge is 0.444 e. The van der Waals surface area contributed by atoms with Crippen molar-refractivity contribution in [2.75, 3.05) is 18.5 Å². The van der Waals surface area contributed by atoms with Crippen molar-refractivity contribution in [2.45, 2.75) is 45.3 Å². The number of carbonyl (C=O) groups is 2. The van der Waals surface area contributed by atoms with E-state index in [0.29, 0.717) is 18.7 Å². The van der Waals surface area contributed by atoms with Gasteiger partial charge in [0, 0.05) is 19.3 Å². The zero-order valence-corrected chi connectivity index (χ0v) is 14.0. The van der Waals surface area contributed by atoms with Gasteiger partial charge in [0.15, 0.2) is 0 Å². The molecule has 6 heteroatoms. The van der Waals surface area contributed by atoms with Crippen molar-refractivity contribution < 1.29 is 18.7 Å². The first-order chi connectivity index (χ1) is 10.7. The number of likely N-dealkylation sites (N-methyl/N-ethyl adjacent to an activating group) is 1. The molecular formula is C17H23FN2O3. The molecule has 0 spiro atoms. The van der Waals surface area contributed by atoms with Crippen LogP contribution in [0.25, 0.3) is 0 Å². The minimum atomic E-state index is -0.601. The van der Waals surface area contributed by atoms with Crippen LogP contribution in [0.3, 0.4) is 0 Å². The highest BCUT2D eigenvalue weighted by atomic mass is 19.1.